The second-order valence-electron chi connectivity index (χ2n) is 4.64. The summed E-state index contributed by atoms with van der Waals surface area (Å²) in [5, 5.41) is 4.44. The lowest BCUT2D eigenvalue weighted by molar-refractivity contribution is -0.123. The van der Waals surface area contributed by atoms with Gasteiger partial charge in [-0.05, 0) is 38.1 Å². The van der Waals surface area contributed by atoms with Crippen molar-refractivity contribution < 1.29 is 19.1 Å². The fraction of sp³-hybridized carbons (Fsp3) is 0.214. The highest BCUT2D eigenvalue weighted by molar-refractivity contribution is 6.32. The van der Waals surface area contributed by atoms with Gasteiger partial charge in [-0.1, -0.05) is 11.6 Å². The molecular formula is C14H13ClN2O4. The molecule has 1 aliphatic heterocycles. The van der Waals surface area contributed by atoms with Gasteiger partial charge in [0.1, 0.15) is 11.3 Å². The summed E-state index contributed by atoms with van der Waals surface area (Å²) in [6.07, 6.45) is 1.25. The molecule has 2 N–H and O–H groups in total. The third-order valence-electron chi connectivity index (χ3n) is 2.58. The van der Waals surface area contributed by atoms with E-state index in [2.05, 4.69) is 0 Å². The van der Waals surface area contributed by atoms with E-state index < -0.39 is 17.8 Å². The van der Waals surface area contributed by atoms with Crippen LogP contribution in [-0.4, -0.2) is 23.9 Å². The lowest BCUT2D eigenvalue weighted by atomic mass is 10.1. The van der Waals surface area contributed by atoms with Gasteiger partial charge in [0.05, 0.1) is 6.10 Å². The summed E-state index contributed by atoms with van der Waals surface area (Å²) >= 11 is 5.93. The molecule has 0 atom stereocenters. The van der Waals surface area contributed by atoms with Gasteiger partial charge < -0.3 is 4.74 Å². The van der Waals surface area contributed by atoms with E-state index in [1.165, 1.54) is 6.08 Å². The summed E-state index contributed by atoms with van der Waals surface area (Å²) in [5.74, 6) is -1.04. The van der Waals surface area contributed by atoms with E-state index in [0.29, 0.717) is 16.3 Å². The molecule has 0 aliphatic carbocycles. The smallest absolute Gasteiger partial charge is 0.328 e. The van der Waals surface area contributed by atoms with Gasteiger partial charge in [0.25, 0.3) is 11.8 Å². The van der Waals surface area contributed by atoms with E-state index in [9.17, 15) is 14.4 Å². The van der Waals surface area contributed by atoms with Crippen LogP contribution < -0.4 is 15.4 Å². The number of carbonyl (C=O) groups is 3. The summed E-state index contributed by atoms with van der Waals surface area (Å²) in [5.41, 5.74) is 0.288. The second kappa shape index (κ2) is 5.97. The summed E-state index contributed by atoms with van der Waals surface area (Å²) in [7, 11) is 0. The topological polar surface area (TPSA) is 84.5 Å². The Morgan fingerprint density at radius 2 is 1.76 bits per heavy atom. The Balaban J connectivity index is 2.43. The largest absolute Gasteiger partial charge is 0.490 e. The molecule has 1 aromatic rings. The molecular weight excluding hydrogens is 296 g/mol. The lowest BCUT2D eigenvalue weighted by Crippen LogP contribution is -2.51. The van der Waals surface area contributed by atoms with E-state index in [-0.39, 0.29) is 11.7 Å². The fourth-order valence-corrected chi connectivity index (χ4v) is 1.94. The van der Waals surface area contributed by atoms with Crippen LogP contribution in [-0.2, 0) is 9.59 Å². The molecule has 0 spiro atoms. The molecule has 1 heterocycles. The lowest BCUT2D eigenvalue weighted by Gasteiger charge is -2.16. The number of nitrogens with one attached hydrogen (secondary N) is 2. The first-order valence-electron chi connectivity index (χ1n) is 6.21. The highest BCUT2D eigenvalue weighted by Gasteiger charge is 2.28. The van der Waals surface area contributed by atoms with Crippen molar-refractivity contribution in [3.05, 3.63) is 34.4 Å². The highest BCUT2D eigenvalue weighted by atomic mass is 35.5. The maximum Gasteiger partial charge on any atom is 0.328 e. The minimum absolute atomic E-state index is 0.0843. The summed E-state index contributed by atoms with van der Waals surface area (Å²) < 4.78 is 5.60. The minimum Gasteiger partial charge on any atom is -0.490 e. The molecule has 1 aliphatic rings. The molecule has 0 radical (unpaired) electrons. The van der Waals surface area contributed by atoms with Crippen LogP contribution in [0.5, 0.6) is 5.75 Å². The number of imide groups is 2. The van der Waals surface area contributed by atoms with Gasteiger partial charge in [0.2, 0.25) is 0 Å². The number of halogens is 1. The number of barbiturate groups is 1. The molecule has 0 saturated carbocycles. The van der Waals surface area contributed by atoms with Crippen LogP contribution >= 0.6 is 11.6 Å². The predicted molar refractivity (Wildman–Crippen MR) is 76.9 cm³/mol. The zero-order valence-corrected chi connectivity index (χ0v) is 12.2. The Morgan fingerprint density at radius 1 is 1.14 bits per heavy atom. The molecule has 0 unspecified atom stereocenters. The van der Waals surface area contributed by atoms with Gasteiger partial charge in [0, 0.05) is 10.6 Å². The van der Waals surface area contributed by atoms with Crippen LogP contribution in [0.1, 0.15) is 19.4 Å². The number of hydrogen-bond donors (Lipinski definition) is 2. The number of benzene rings is 1. The second-order valence-corrected chi connectivity index (χ2v) is 5.08. The van der Waals surface area contributed by atoms with Gasteiger partial charge in [-0.2, -0.15) is 0 Å². The fourth-order valence-electron chi connectivity index (χ4n) is 1.76. The molecule has 6 nitrogen and oxygen atoms in total. The van der Waals surface area contributed by atoms with Gasteiger partial charge in [0.15, 0.2) is 0 Å². The van der Waals surface area contributed by atoms with Crippen molar-refractivity contribution in [2.45, 2.75) is 20.0 Å². The standard InChI is InChI=1S/C14H13ClN2O4/c1-7(2)21-11-4-3-9(15)5-8(11)6-10-12(18)16-14(20)17-13(10)19/h3-7H,1-2H3,(H2,16,17,18,19,20). The predicted octanol–water partition coefficient (Wildman–Crippen LogP) is 1.88. The van der Waals surface area contributed by atoms with Crippen molar-refractivity contribution >= 4 is 35.5 Å². The van der Waals surface area contributed by atoms with Crippen molar-refractivity contribution in [3.8, 4) is 5.75 Å². The van der Waals surface area contributed by atoms with E-state index in [4.69, 9.17) is 16.3 Å². The number of ether oxygens (including phenoxy) is 1. The van der Waals surface area contributed by atoms with Gasteiger partial charge in [-0.15, -0.1) is 0 Å². The molecule has 1 saturated heterocycles. The van der Waals surface area contributed by atoms with Crippen molar-refractivity contribution in [1.82, 2.24) is 10.6 Å². The van der Waals surface area contributed by atoms with Crippen LogP contribution in [0, 0.1) is 0 Å². The monoisotopic (exact) mass is 308 g/mol. The van der Waals surface area contributed by atoms with Gasteiger partial charge in [-0.25, -0.2) is 4.79 Å². The summed E-state index contributed by atoms with van der Waals surface area (Å²) in [6, 6.07) is 4.03. The van der Waals surface area contributed by atoms with Gasteiger partial charge >= 0.3 is 6.03 Å². The number of urea groups is 1. The SMILES string of the molecule is CC(C)Oc1ccc(Cl)cc1C=C1C(=O)NC(=O)NC1=O. The quantitative estimate of drug-likeness (QED) is 0.659. The van der Waals surface area contributed by atoms with Gasteiger partial charge in [-0.3, -0.25) is 20.2 Å². The molecule has 21 heavy (non-hydrogen) atoms. The molecule has 1 fully saturated rings. The molecule has 0 bridgehead atoms. The van der Waals surface area contributed by atoms with E-state index in [0.717, 1.165) is 0 Å². The average Bonchev–Trinajstić information content (AvgIpc) is 2.36. The third-order valence-corrected chi connectivity index (χ3v) is 2.81. The number of amides is 4. The number of carbonyl (C=O) groups excluding carboxylic acids is 3. The Kier molecular flexibility index (Phi) is 4.28. The van der Waals surface area contributed by atoms with Crippen LogP contribution in [0.15, 0.2) is 23.8 Å². The van der Waals surface area contributed by atoms with E-state index in [1.54, 1.807) is 18.2 Å². The Labute approximate surface area is 126 Å². The molecule has 110 valence electrons. The Bertz CT molecular complexity index is 630. The van der Waals surface area contributed by atoms with Crippen molar-refractivity contribution in [1.29, 1.82) is 0 Å². The van der Waals surface area contributed by atoms with Crippen LogP contribution in [0.3, 0.4) is 0 Å². The highest BCUT2D eigenvalue weighted by Crippen LogP contribution is 2.26. The normalized spacial score (nSPS) is 14.9. The van der Waals surface area contributed by atoms with E-state index in [1.807, 2.05) is 24.5 Å². The first kappa shape index (κ1) is 15.1. The number of rotatable bonds is 3. The van der Waals surface area contributed by atoms with Crippen molar-refractivity contribution in [2.24, 2.45) is 0 Å². The molecule has 2 rings (SSSR count). The number of hydrogen-bond acceptors (Lipinski definition) is 4. The third kappa shape index (κ3) is 3.61. The summed E-state index contributed by atoms with van der Waals surface area (Å²) in [6.45, 7) is 3.70. The maximum absolute atomic E-state index is 11.7. The molecule has 4 amide bonds. The first-order valence-corrected chi connectivity index (χ1v) is 6.59. The zero-order valence-electron chi connectivity index (χ0n) is 11.4. The minimum atomic E-state index is -0.841. The van der Waals surface area contributed by atoms with E-state index >= 15 is 0 Å². The van der Waals surface area contributed by atoms with Crippen molar-refractivity contribution in [2.75, 3.05) is 0 Å². The van der Waals surface area contributed by atoms with Crippen LogP contribution in [0.2, 0.25) is 5.02 Å². The zero-order chi connectivity index (χ0) is 15.6. The van der Waals surface area contributed by atoms with Crippen LogP contribution in [0.4, 0.5) is 4.79 Å². The Morgan fingerprint density at radius 3 is 2.33 bits per heavy atom. The molecule has 0 aromatic heterocycles. The molecule has 1 aromatic carbocycles. The first-order chi connectivity index (χ1) is 9.86. The Hall–Kier alpha value is -2.34. The van der Waals surface area contributed by atoms with Crippen molar-refractivity contribution in [3.63, 3.8) is 0 Å². The summed E-state index contributed by atoms with van der Waals surface area (Å²) in [4.78, 5) is 34.4. The molecule has 7 heteroatoms. The average molecular weight is 309 g/mol. The maximum atomic E-state index is 11.7. The van der Waals surface area contributed by atoms with Crippen LogP contribution in [0.25, 0.3) is 6.08 Å².